The van der Waals surface area contributed by atoms with E-state index in [9.17, 15) is 0 Å². The number of nitrogens with one attached hydrogen (secondary N) is 1. The minimum atomic E-state index is 0.780. The molecule has 3 N–H and O–H groups in total. The molecule has 0 saturated heterocycles. The molecule has 4 heteroatoms. The number of hydrogen-bond donors (Lipinski definition) is 2. The zero-order chi connectivity index (χ0) is 12.4. The summed E-state index contributed by atoms with van der Waals surface area (Å²) in [4.78, 5) is 0. The van der Waals surface area contributed by atoms with E-state index < -0.39 is 0 Å². The second kappa shape index (κ2) is 5.10. The van der Waals surface area contributed by atoms with Crippen LogP contribution in [0, 0.1) is 6.92 Å². The van der Waals surface area contributed by atoms with Crippen LogP contribution in [0.1, 0.15) is 5.56 Å². The highest BCUT2D eigenvalue weighted by atomic mass is 79.9. The first-order valence-electron chi connectivity index (χ1n) is 5.14. The van der Waals surface area contributed by atoms with Gasteiger partial charge in [0.2, 0.25) is 0 Å². The van der Waals surface area contributed by atoms with Crippen LogP contribution in [0.5, 0.6) is 0 Å². The number of anilines is 3. The van der Waals surface area contributed by atoms with Crippen LogP contribution in [-0.4, -0.2) is 0 Å². The molecule has 0 unspecified atom stereocenters. The Morgan fingerprint density at radius 3 is 2.35 bits per heavy atom. The van der Waals surface area contributed by atoms with E-state index in [1.807, 2.05) is 43.3 Å². The van der Waals surface area contributed by atoms with E-state index in [0.29, 0.717) is 0 Å². The molecule has 2 nitrogen and oxygen atoms in total. The van der Waals surface area contributed by atoms with E-state index in [0.717, 1.165) is 31.6 Å². The Morgan fingerprint density at radius 2 is 1.71 bits per heavy atom. The van der Waals surface area contributed by atoms with Gasteiger partial charge >= 0.3 is 0 Å². The molecular weight excluding hydrogens is 344 g/mol. The van der Waals surface area contributed by atoms with Crippen molar-refractivity contribution < 1.29 is 0 Å². The Kier molecular flexibility index (Phi) is 3.74. The monoisotopic (exact) mass is 354 g/mol. The summed E-state index contributed by atoms with van der Waals surface area (Å²) in [5.74, 6) is 0. The van der Waals surface area contributed by atoms with E-state index in [-0.39, 0.29) is 0 Å². The number of halogens is 2. The van der Waals surface area contributed by atoms with Gasteiger partial charge < -0.3 is 11.1 Å². The summed E-state index contributed by atoms with van der Waals surface area (Å²) >= 11 is 6.96. The third-order valence-corrected chi connectivity index (χ3v) is 3.60. The normalized spacial score (nSPS) is 10.3. The number of aryl methyl sites for hydroxylation is 1. The lowest BCUT2D eigenvalue weighted by atomic mass is 10.1. The van der Waals surface area contributed by atoms with Crippen LogP contribution in [0.3, 0.4) is 0 Å². The van der Waals surface area contributed by atoms with Gasteiger partial charge in [-0.25, -0.2) is 0 Å². The lowest BCUT2D eigenvalue weighted by molar-refractivity contribution is 1.42. The quantitative estimate of drug-likeness (QED) is 0.756. The molecule has 88 valence electrons. The highest BCUT2D eigenvalue weighted by molar-refractivity contribution is 9.11. The van der Waals surface area contributed by atoms with Crippen LogP contribution >= 0.6 is 31.9 Å². The molecule has 0 atom stereocenters. The SMILES string of the molecule is Cc1cc(N)ccc1Nc1ccc(Br)cc1Br. The van der Waals surface area contributed by atoms with Crippen molar-refractivity contribution in [3.05, 3.63) is 50.9 Å². The number of rotatable bonds is 2. The van der Waals surface area contributed by atoms with Gasteiger partial charge in [0.25, 0.3) is 0 Å². The third kappa shape index (κ3) is 3.01. The third-order valence-electron chi connectivity index (χ3n) is 2.45. The summed E-state index contributed by atoms with van der Waals surface area (Å²) in [6.45, 7) is 2.03. The maximum absolute atomic E-state index is 5.73. The van der Waals surface area contributed by atoms with E-state index >= 15 is 0 Å². The molecule has 2 aromatic rings. The first-order chi connectivity index (χ1) is 8.06. The average Bonchev–Trinajstić information content (AvgIpc) is 2.25. The Bertz CT molecular complexity index is 504. The van der Waals surface area contributed by atoms with Crippen molar-refractivity contribution in [3.63, 3.8) is 0 Å². The average molecular weight is 356 g/mol. The van der Waals surface area contributed by atoms with Crippen molar-refractivity contribution >= 4 is 48.9 Å². The van der Waals surface area contributed by atoms with E-state index in [1.54, 1.807) is 0 Å². The molecule has 0 heterocycles. The topological polar surface area (TPSA) is 38.0 Å². The molecule has 0 bridgehead atoms. The van der Waals surface area contributed by atoms with Crippen molar-refractivity contribution in [3.8, 4) is 0 Å². The molecular formula is C13H12Br2N2. The molecule has 2 rings (SSSR count). The standard InChI is InChI=1S/C13H12Br2N2/c1-8-6-10(16)3-5-12(8)17-13-4-2-9(14)7-11(13)15/h2-7,17H,16H2,1H3. The van der Waals surface area contributed by atoms with Crippen LogP contribution in [0.4, 0.5) is 17.1 Å². The van der Waals surface area contributed by atoms with Crippen LogP contribution in [0.25, 0.3) is 0 Å². The lowest BCUT2D eigenvalue weighted by Crippen LogP contribution is -1.95. The van der Waals surface area contributed by atoms with Gasteiger partial charge in [-0.15, -0.1) is 0 Å². The molecule has 0 fully saturated rings. The molecule has 0 aliphatic heterocycles. The van der Waals surface area contributed by atoms with Crippen LogP contribution in [-0.2, 0) is 0 Å². The van der Waals surface area contributed by atoms with Gasteiger partial charge in [-0.05, 0) is 64.8 Å². The summed E-state index contributed by atoms with van der Waals surface area (Å²) in [5, 5.41) is 3.37. The zero-order valence-electron chi connectivity index (χ0n) is 9.30. The highest BCUT2D eigenvalue weighted by Crippen LogP contribution is 2.30. The predicted octanol–water partition coefficient (Wildman–Crippen LogP) is 4.85. The van der Waals surface area contributed by atoms with Gasteiger partial charge in [-0.3, -0.25) is 0 Å². The second-order valence-electron chi connectivity index (χ2n) is 3.82. The van der Waals surface area contributed by atoms with Gasteiger partial charge in [0.1, 0.15) is 0 Å². The first-order valence-corrected chi connectivity index (χ1v) is 6.73. The number of nitrogens with two attached hydrogens (primary N) is 1. The van der Waals surface area contributed by atoms with E-state index in [4.69, 9.17) is 5.73 Å². The van der Waals surface area contributed by atoms with Gasteiger partial charge in [0, 0.05) is 20.3 Å². The van der Waals surface area contributed by atoms with Crippen LogP contribution in [0.2, 0.25) is 0 Å². The van der Waals surface area contributed by atoms with Gasteiger partial charge in [0.05, 0.1) is 5.69 Å². The van der Waals surface area contributed by atoms with E-state index in [1.165, 1.54) is 0 Å². The molecule has 0 spiro atoms. The maximum atomic E-state index is 5.73. The summed E-state index contributed by atoms with van der Waals surface area (Å²) < 4.78 is 2.06. The van der Waals surface area contributed by atoms with Crippen molar-refractivity contribution in [1.29, 1.82) is 0 Å². The summed E-state index contributed by atoms with van der Waals surface area (Å²) in [6, 6.07) is 11.9. The summed E-state index contributed by atoms with van der Waals surface area (Å²) in [7, 11) is 0. The molecule has 0 radical (unpaired) electrons. The summed E-state index contributed by atoms with van der Waals surface area (Å²) in [6.07, 6.45) is 0. The fourth-order valence-electron chi connectivity index (χ4n) is 1.56. The highest BCUT2D eigenvalue weighted by Gasteiger charge is 2.03. The first kappa shape index (κ1) is 12.5. The van der Waals surface area contributed by atoms with Crippen LogP contribution < -0.4 is 11.1 Å². The molecule has 0 aromatic heterocycles. The smallest absolute Gasteiger partial charge is 0.0529 e. The Morgan fingerprint density at radius 1 is 1.00 bits per heavy atom. The second-order valence-corrected chi connectivity index (χ2v) is 5.59. The van der Waals surface area contributed by atoms with Gasteiger partial charge in [-0.2, -0.15) is 0 Å². The predicted molar refractivity (Wildman–Crippen MR) is 80.7 cm³/mol. The molecule has 17 heavy (non-hydrogen) atoms. The molecule has 2 aromatic carbocycles. The molecule has 0 aliphatic carbocycles. The molecule has 0 aliphatic rings. The van der Waals surface area contributed by atoms with Crippen molar-refractivity contribution in [1.82, 2.24) is 0 Å². The number of benzene rings is 2. The number of hydrogen-bond acceptors (Lipinski definition) is 2. The lowest BCUT2D eigenvalue weighted by Gasteiger charge is -2.12. The Hall–Kier alpha value is -1.000. The zero-order valence-corrected chi connectivity index (χ0v) is 12.5. The Balaban J connectivity index is 2.31. The molecule has 0 saturated carbocycles. The Labute approximate surface area is 117 Å². The van der Waals surface area contributed by atoms with Crippen molar-refractivity contribution in [2.45, 2.75) is 6.92 Å². The summed E-state index contributed by atoms with van der Waals surface area (Å²) in [5.41, 5.74) is 9.72. The fraction of sp³-hybridized carbons (Fsp3) is 0.0769. The minimum absolute atomic E-state index is 0.780. The van der Waals surface area contributed by atoms with E-state index in [2.05, 4.69) is 37.2 Å². The van der Waals surface area contributed by atoms with Gasteiger partial charge in [0.15, 0.2) is 0 Å². The minimum Gasteiger partial charge on any atom is -0.399 e. The van der Waals surface area contributed by atoms with Crippen LogP contribution in [0.15, 0.2) is 45.3 Å². The van der Waals surface area contributed by atoms with Crippen molar-refractivity contribution in [2.24, 2.45) is 0 Å². The number of nitrogen functional groups attached to an aromatic ring is 1. The van der Waals surface area contributed by atoms with Crippen molar-refractivity contribution in [2.75, 3.05) is 11.1 Å². The maximum Gasteiger partial charge on any atom is 0.0529 e. The fourth-order valence-corrected chi connectivity index (χ4v) is 2.71. The van der Waals surface area contributed by atoms with Gasteiger partial charge in [-0.1, -0.05) is 15.9 Å². The largest absolute Gasteiger partial charge is 0.399 e. The molecule has 0 amide bonds.